The highest BCUT2D eigenvalue weighted by atomic mass is 35.5. The Kier molecular flexibility index (Phi) is 4.27. The van der Waals surface area contributed by atoms with Crippen molar-refractivity contribution in [2.45, 2.75) is 45.6 Å². The van der Waals surface area contributed by atoms with Crippen molar-refractivity contribution in [3.63, 3.8) is 0 Å². The van der Waals surface area contributed by atoms with Gasteiger partial charge in [0.2, 0.25) is 0 Å². The highest BCUT2D eigenvalue weighted by Gasteiger charge is 2.27. The molecule has 1 fully saturated rings. The molecule has 2 nitrogen and oxygen atoms in total. The van der Waals surface area contributed by atoms with Crippen LogP contribution < -0.4 is 5.32 Å². The molecule has 0 aromatic carbocycles. The Morgan fingerprint density at radius 2 is 2.12 bits per heavy atom. The minimum atomic E-state index is 0.524. The van der Waals surface area contributed by atoms with Crippen LogP contribution in [0.4, 0.5) is 5.82 Å². The van der Waals surface area contributed by atoms with Gasteiger partial charge in [0.25, 0.3) is 0 Å². The minimum absolute atomic E-state index is 0.524. The summed E-state index contributed by atoms with van der Waals surface area (Å²) >= 11 is 6.15. The highest BCUT2D eigenvalue weighted by molar-refractivity contribution is 6.32. The second-order valence-electron chi connectivity index (χ2n) is 5.28. The third kappa shape index (κ3) is 3.12. The van der Waals surface area contributed by atoms with E-state index in [4.69, 9.17) is 11.6 Å². The summed E-state index contributed by atoms with van der Waals surface area (Å²) in [6, 6.07) is 4.29. The molecule has 0 amide bonds. The van der Waals surface area contributed by atoms with Gasteiger partial charge in [0.1, 0.15) is 5.82 Å². The number of halogens is 1. The lowest BCUT2D eigenvalue weighted by Crippen LogP contribution is -2.35. The van der Waals surface area contributed by atoms with E-state index in [0.29, 0.717) is 6.04 Å². The van der Waals surface area contributed by atoms with Gasteiger partial charge in [-0.15, -0.1) is 0 Å². The molecule has 1 aliphatic carbocycles. The zero-order valence-electron chi connectivity index (χ0n) is 10.6. The van der Waals surface area contributed by atoms with Crippen LogP contribution in [0.1, 0.15) is 39.5 Å². The van der Waals surface area contributed by atoms with Gasteiger partial charge in [-0.2, -0.15) is 0 Å². The number of hydrogen-bond donors (Lipinski definition) is 1. The molecule has 0 spiro atoms. The molecule has 2 atom stereocenters. The van der Waals surface area contributed by atoms with E-state index in [9.17, 15) is 0 Å². The molecule has 17 heavy (non-hydrogen) atoms. The zero-order valence-corrected chi connectivity index (χ0v) is 11.4. The van der Waals surface area contributed by atoms with E-state index >= 15 is 0 Å². The summed E-state index contributed by atoms with van der Waals surface area (Å²) in [5.41, 5.74) is 0. The molecule has 1 aromatic heterocycles. The Morgan fingerprint density at radius 1 is 1.35 bits per heavy atom. The Balaban J connectivity index is 2.08. The SMILES string of the molecule is CC(C)C1CCCCC1Nc1ncccc1Cl. The monoisotopic (exact) mass is 252 g/mol. The lowest BCUT2D eigenvalue weighted by atomic mass is 9.78. The van der Waals surface area contributed by atoms with Crippen molar-refractivity contribution in [3.05, 3.63) is 23.4 Å². The van der Waals surface area contributed by atoms with Crippen LogP contribution in [0.15, 0.2) is 18.3 Å². The number of nitrogens with zero attached hydrogens (tertiary/aromatic N) is 1. The fraction of sp³-hybridized carbons (Fsp3) is 0.643. The minimum Gasteiger partial charge on any atom is -0.366 e. The van der Waals surface area contributed by atoms with E-state index in [1.807, 2.05) is 12.1 Å². The predicted molar refractivity (Wildman–Crippen MR) is 73.5 cm³/mol. The molecule has 1 N–H and O–H groups in total. The Labute approximate surface area is 109 Å². The van der Waals surface area contributed by atoms with Crippen molar-refractivity contribution in [2.75, 3.05) is 5.32 Å². The van der Waals surface area contributed by atoms with Crippen molar-refractivity contribution in [1.29, 1.82) is 0 Å². The maximum atomic E-state index is 6.15. The topological polar surface area (TPSA) is 24.9 Å². The second-order valence-corrected chi connectivity index (χ2v) is 5.68. The van der Waals surface area contributed by atoms with Crippen LogP contribution in [0, 0.1) is 11.8 Å². The van der Waals surface area contributed by atoms with Crippen LogP contribution in [0.25, 0.3) is 0 Å². The number of anilines is 1. The molecular formula is C14H21ClN2. The van der Waals surface area contributed by atoms with E-state index in [-0.39, 0.29) is 0 Å². The van der Waals surface area contributed by atoms with Gasteiger partial charge in [0.15, 0.2) is 0 Å². The fourth-order valence-corrected chi connectivity index (χ4v) is 2.98. The maximum absolute atomic E-state index is 6.15. The fourth-order valence-electron chi connectivity index (χ4n) is 2.80. The van der Waals surface area contributed by atoms with Crippen molar-refractivity contribution in [1.82, 2.24) is 4.98 Å². The summed E-state index contributed by atoms with van der Waals surface area (Å²) in [5, 5.41) is 4.26. The molecule has 2 unspecified atom stereocenters. The van der Waals surface area contributed by atoms with Crippen LogP contribution in [0.5, 0.6) is 0 Å². The first kappa shape index (κ1) is 12.7. The molecule has 0 saturated heterocycles. The standard InChI is InChI=1S/C14H21ClN2/c1-10(2)11-6-3-4-8-13(11)17-14-12(15)7-5-9-16-14/h5,7,9-11,13H,3-4,6,8H2,1-2H3,(H,16,17). The zero-order chi connectivity index (χ0) is 12.3. The highest BCUT2D eigenvalue weighted by Crippen LogP contribution is 2.33. The van der Waals surface area contributed by atoms with Gasteiger partial charge in [-0.1, -0.05) is 38.3 Å². The molecule has 2 rings (SSSR count). The van der Waals surface area contributed by atoms with E-state index in [2.05, 4.69) is 24.1 Å². The molecule has 0 bridgehead atoms. The van der Waals surface area contributed by atoms with E-state index < -0.39 is 0 Å². The van der Waals surface area contributed by atoms with E-state index in [1.165, 1.54) is 25.7 Å². The van der Waals surface area contributed by atoms with Crippen molar-refractivity contribution in [3.8, 4) is 0 Å². The van der Waals surface area contributed by atoms with Crippen LogP contribution in [0.2, 0.25) is 5.02 Å². The summed E-state index contributed by atoms with van der Waals surface area (Å²) in [7, 11) is 0. The van der Waals surface area contributed by atoms with Gasteiger partial charge < -0.3 is 5.32 Å². The Hall–Kier alpha value is -0.760. The number of aromatic nitrogens is 1. The molecule has 1 aromatic rings. The van der Waals surface area contributed by atoms with E-state index in [0.717, 1.165) is 22.7 Å². The predicted octanol–water partition coefficient (Wildman–Crippen LogP) is 4.36. The van der Waals surface area contributed by atoms with E-state index in [1.54, 1.807) is 6.20 Å². The number of nitrogens with one attached hydrogen (secondary N) is 1. The largest absolute Gasteiger partial charge is 0.366 e. The lowest BCUT2D eigenvalue weighted by Gasteiger charge is -2.35. The second kappa shape index (κ2) is 5.72. The molecule has 1 saturated carbocycles. The number of rotatable bonds is 3. The first-order chi connectivity index (χ1) is 8.18. The van der Waals surface area contributed by atoms with Crippen molar-refractivity contribution >= 4 is 17.4 Å². The van der Waals surface area contributed by atoms with Gasteiger partial charge >= 0.3 is 0 Å². The average molecular weight is 253 g/mol. The Morgan fingerprint density at radius 3 is 2.82 bits per heavy atom. The lowest BCUT2D eigenvalue weighted by molar-refractivity contribution is 0.253. The molecule has 0 radical (unpaired) electrons. The van der Waals surface area contributed by atoms with Crippen LogP contribution in [-0.2, 0) is 0 Å². The third-order valence-corrected chi connectivity index (χ3v) is 4.06. The van der Waals surface area contributed by atoms with Gasteiger partial charge in [0, 0.05) is 12.2 Å². The Bertz CT molecular complexity index is 365. The normalized spacial score (nSPS) is 24.9. The molecule has 0 aliphatic heterocycles. The quantitative estimate of drug-likeness (QED) is 0.865. The number of pyridine rings is 1. The molecule has 3 heteroatoms. The average Bonchev–Trinajstić information content (AvgIpc) is 2.32. The first-order valence-corrected chi connectivity index (χ1v) is 6.93. The van der Waals surface area contributed by atoms with Gasteiger partial charge in [-0.25, -0.2) is 4.98 Å². The molecular weight excluding hydrogens is 232 g/mol. The smallest absolute Gasteiger partial charge is 0.144 e. The van der Waals surface area contributed by atoms with Crippen LogP contribution in [0.3, 0.4) is 0 Å². The van der Waals surface area contributed by atoms with Gasteiger partial charge in [0.05, 0.1) is 5.02 Å². The molecule has 94 valence electrons. The van der Waals surface area contributed by atoms with Crippen LogP contribution >= 0.6 is 11.6 Å². The van der Waals surface area contributed by atoms with Gasteiger partial charge in [-0.3, -0.25) is 0 Å². The molecule has 1 aliphatic rings. The maximum Gasteiger partial charge on any atom is 0.144 e. The molecule has 1 heterocycles. The summed E-state index contributed by atoms with van der Waals surface area (Å²) in [6.07, 6.45) is 7.01. The summed E-state index contributed by atoms with van der Waals surface area (Å²) in [6.45, 7) is 4.62. The summed E-state index contributed by atoms with van der Waals surface area (Å²) in [4.78, 5) is 4.32. The number of hydrogen-bond acceptors (Lipinski definition) is 2. The third-order valence-electron chi connectivity index (χ3n) is 3.76. The van der Waals surface area contributed by atoms with Crippen molar-refractivity contribution < 1.29 is 0 Å². The first-order valence-electron chi connectivity index (χ1n) is 6.55. The van der Waals surface area contributed by atoms with Crippen LogP contribution in [-0.4, -0.2) is 11.0 Å². The summed E-state index contributed by atoms with van der Waals surface area (Å²) in [5.74, 6) is 2.30. The van der Waals surface area contributed by atoms with Crippen molar-refractivity contribution in [2.24, 2.45) is 11.8 Å². The summed E-state index contributed by atoms with van der Waals surface area (Å²) < 4.78 is 0. The van der Waals surface area contributed by atoms with Gasteiger partial charge in [-0.05, 0) is 36.8 Å².